The van der Waals surface area contributed by atoms with Gasteiger partial charge in [0, 0.05) is 16.5 Å². The van der Waals surface area contributed by atoms with Crippen molar-refractivity contribution in [3.63, 3.8) is 0 Å². The lowest BCUT2D eigenvalue weighted by Gasteiger charge is -2.63. The van der Waals surface area contributed by atoms with Crippen LogP contribution in [0.3, 0.4) is 0 Å². The highest BCUT2D eigenvalue weighted by Gasteiger charge is 2.66. The fraction of sp³-hybridized carbons (Fsp3) is 0.800. The Morgan fingerprint density at radius 3 is 2.37 bits per heavy atom. The molecule has 0 saturated heterocycles. The summed E-state index contributed by atoms with van der Waals surface area (Å²) < 4.78 is 0. The summed E-state index contributed by atoms with van der Waals surface area (Å²) in [7, 11) is 0. The zero-order valence-electron chi connectivity index (χ0n) is 18.3. The first-order valence-electron chi connectivity index (χ1n) is 11.1. The normalized spacial score (nSPS) is 49.2. The second-order valence-electron chi connectivity index (χ2n) is 10.7. The molecule has 150 valence electrons. The van der Waals surface area contributed by atoms with E-state index in [4.69, 9.17) is 5.73 Å². The van der Waals surface area contributed by atoms with Gasteiger partial charge in [0.15, 0.2) is 0 Å². The number of hydrogen-bond acceptors (Lipinski definition) is 2. The Balaban J connectivity index is 2.06. The average Bonchev–Trinajstić information content (AvgIpc) is 2.92. The topological polar surface area (TPSA) is 49.8 Å². The second-order valence-corrected chi connectivity index (χ2v) is 10.7. The fourth-order valence-electron chi connectivity index (χ4n) is 8.16. The summed E-state index contributed by atoms with van der Waals surface area (Å²) in [5, 5.41) is 9.72. The van der Waals surface area contributed by atoms with E-state index in [0.717, 1.165) is 24.8 Å². The van der Waals surface area contributed by atoms with Gasteiger partial charge >= 0.3 is 0 Å². The largest absolute Gasteiger partial charge is 0.325 e. The van der Waals surface area contributed by atoms with Crippen molar-refractivity contribution in [3.05, 3.63) is 24.3 Å². The highest BCUT2D eigenvalue weighted by atomic mass is 14.8. The Bertz CT molecular complexity index is 683. The summed E-state index contributed by atoms with van der Waals surface area (Å²) >= 11 is 0. The van der Waals surface area contributed by atoms with Crippen molar-refractivity contribution in [3.8, 4) is 6.07 Å². The van der Waals surface area contributed by atoms with Crippen LogP contribution >= 0.6 is 0 Å². The van der Waals surface area contributed by atoms with E-state index < -0.39 is 0 Å². The number of allylic oxidation sites excluding steroid dienone is 1. The summed E-state index contributed by atoms with van der Waals surface area (Å²) in [4.78, 5) is 0. The fourth-order valence-corrected chi connectivity index (χ4v) is 8.16. The van der Waals surface area contributed by atoms with Gasteiger partial charge in [-0.1, -0.05) is 52.8 Å². The molecule has 0 bridgehead atoms. The van der Waals surface area contributed by atoms with Gasteiger partial charge in [0.2, 0.25) is 0 Å². The van der Waals surface area contributed by atoms with E-state index >= 15 is 0 Å². The second kappa shape index (κ2) is 6.48. The first kappa shape index (κ1) is 20.7. The van der Waals surface area contributed by atoms with Gasteiger partial charge in [-0.15, -0.1) is 0 Å². The summed E-state index contributed by atoms with van der Waals surface area (Å²) in [6, 6.07) is 2.45. The zero-order valence-corrected chi connectivity index (χ0v) is 18.3. The molecule has 0 aromatic heterocycles. The smallest absolute Gasteiger partial charge is 0.0947 e. The van der Waals surface area contributed by atoms with Crippen molar-refractivity contribution < 1.29 is 0 Å². The number of rotatable bonds is 4. The lowest BCUT2D eigenvalue weighted by Crippen LogP contribution is -2.63. The minimum Gasteiger partial charge on any atom is -0.325 e. The number of nitrogens with two attached hydrogens (primary N) is 1. The molecule has 7 unspecified atom stereocenters. The molecule has 0 amide bonds. The van der Waals surface area contributed by atoms with Crippen molar-refractivity contribution in [2.24, 2.45) is 39.7 Å². The Hall–Kier alpha value is -1.07. The van der Waals surface area contributed by atoms with Gasteiger partial charge in [0.05, 0.1) is 6.07 Å². The summed E-state index contributed by atoms with van der Waals surface area (Å²) in [6.07, 6.45) is 9.06. The van der Waals surface area contributed by atoms with Crippen LogP contribution in [0.4, 0.5) is 0 Å². The van der Waals surface area contributed by atoms with Gasteiger partial charge in [-0.3, -0.25) is 0 Å². The van der Waals surface area contributed by atoms with Crippen LogP contribution < -0.4 is 5.73 Å². The van der Waals surface area contributed by atoms with Crippen molar-refractivity contribution in [1.82, 2.24) is 0 Å². The molecule has 0 aromatic rings. The molecule has 2 heteroatoms. The third-order valence-electron chi connectivity index (χ3n) is 9.91. The SMILES string of the molecule is C=C1CC(C)(N)C(C)(CCC)C2CCC3(C)C(CCC3(CC)C(=C)C#N)C12. The van der Waals surface area contributed by atoms with Gasteiger partial charge in [-0.25, -0.2) is 0 Å². The standard InChI is InChI=1S/C25H40N2/c1-8-12-22(5)19-10-13-23(6)20(21(19)17(3)15-24(22,7)27)11-14-25(23,9-2)18(4)16-26/h19-21H,3-4,8-15,27H2,1-2,5-7H3. The molecule has 0 aliphatic heterocycles. The predicted octanol–water partition coefficient (Wildman–Crippen LogP) is 6.39. The maximum atomic E-state index is 9.72. The van der Waals surface area contributed by atoms with Crippen LogP contribution in [0.15, 0.2) is 24.3 Å². The van der Waals surface area contributed by atoms with Gasteiger partial charge in [0.1, 0.15) is 0 Å². The van der Waals surface area contributed by atoms with Gasteiger partial charge in [0.25, 0.3) is 0 Å². The van der Waals surface area contributed by atoms with E-state index in [1.807, 2.05) is 0 Å². The molecule has 7 atom stereocenters. The van der Waals surface area contributed by atoms with Crippen molar-refractivity contribution in [2.75, 3.05) is 0 Å². The van der Waals surface area contributed by atoms with Gasteiger partial charge in [-0.05, 0) is 80.5 Å². The van der Waals surface area contributed by atoms with Crippen LogP contribution in [-0.4, -0.2) is 5.54 Å². The maximum Gasteiger partial charge on any atom is 0.0947 e. The van der Waals surface area contributed by atoms with E-state index in [-0.39, 0.29) is 21.8 Å². The molecule has 3 rings (SSSR count). The Labute approximate surface area is 167 Å². The van der Waals surface area contributed by atoms with Crippen LogP contribution in [0.2, 0.25) is 0 Å². The zero-order chi connectivity index (χ0) is 20.3. The van der Waals surface area contributed by atoms with E-state index in [0.29, 0.717) is 17.8 Å². The van der Waals surface area contributed by atoms with Gasteiger partial charge in [-0.2, -0.15) is 5.26 Å². The van der Waals surface area contributed by atoms with Crippen LogP contribution in [0.1, 0.15) is 86.0 Å². The lowest BCUT2D eigenvalue weighted by atomic mass is 9.42. The van der Waals surface area contributed by atoms with E-state index in [1.54, 1.807) is 0 Å². The molecule has 3 saturated carbocycles. The van der Waals surface area contributed by atoms with Crippen LogP contribution in [0, 0.1) is 45.3 Å². The predicted molar refractivity (Wildman–Crippen MR) is 114 cm³/mol. The molecule has 2 N–H and O–H groups in total. The molecule has 27 heavy (non-hydrogen) atoms. The van der Waals surface area contributed by atoms with Gasteiger partial charge < -0.3 is 5.73 Å². The summed E-state index contributed by atoms with van der Waals surface area (Å²) in [5.41, 5.74) is 9.26. The molecule has 3 fully saturated rings. The Morgan fingerprint density at radius 2 is 1.81 bits per heavy atom. The average molecular weight is 369 g/mol. The van der Waals surface area contributed by atoms with Crippen molar-refractivity contribution >= 4 is 0 Å². The molecule has 0 radical (unpaired) electrons. The molecule has 0 heterocycles. The first-order valence-corrected chi connectivity index (χ1v) is 11.1. The molecule has 2 nitrogen and oxygen atoms in total. The molecule has 3 aliphatic rings. The minimum absolute atomic E-state index is 0.0255. The van der Waals surface area contributed by atoms with Crippen LogP contribution in [-0.2, 0) is 0 Å². The molecule has 0 spiro atoms. The van der Waals surface area contributed by atoms with Crippen LogP contribution in [0.25, 0.3) is 0 Å². The molecular formula is C25H40N2. The highest BCUT2D eigenvalue weighted by molar-refractivity contribution is 5.34. The summed E-state index contributed by atoms with van der Waals surface area (Å²) in [5.74, 6) is 1.78. The molecular weight excluding hydrogens is 328 g/mol. The van der Waals surface area contributed by atoms with E-state index in [9.17, 15) is 5.26 Å². The highest BCUT2D eigenvalue weighted by Crippen LogP contribution is 2.72. The molecule has 0 aromatic carbocycles. The third kappa shape index (κ3) is 2.46. The minimum atomic E-state index is -0.175. The molecule has 3 aliphatic carbocycles. The summed E-state index contributed by atoms with van der Waals surface area (Å²) in [6.45, 7) is 20.6. The number of fused-ring (bicyclic) bond motifs is 3. The Kier molecular flexibility index (Phi) is 4.96. The number of nitriles is 1. The number of hydrogen-bond donors (Lipinski definition) is 1. The quantitative estimate of drug-likeness (QED) is 0.462. The van der Waals surface area contributed by atoms with Crippen LogP contribution in [0.5, 0.6) is 0 Å². The monoisotopic (exact) mass is 368 g/mol. The third-order valence-corrected chi connectivity index (χ3v) is 9.91. The van der Waals surface area contributed by atoms with Crippen molar-refractivity contribution in [1.29, 1.82) is 5.26 Å². The number of nitrogens with zero attached hydrogens (tertiary/aromatic N) is 1. The maximum absolute atomic E-state index is 9.72. The first-order chi connectivity index (χ1) is 12.5. The van der Waals surface area contributed by atoms with Crippen molar-refractivity contribution in [2.45, 2.75) is 91.5 Å². The van der Waals surface area contributed by atoms with E-state index in [1.165, 1.54) is 37.7 Å². The lowest BCUT2D eigenvalue weighted by molar-refractivity contribution is -0.0914. The Morgan fingerprint density at radius 1 is 1.19 bits per heavy atom. The van der Waals surface area contributed by atoms with E-state index in [2.05, 4.69) is 53.8 Å².